The highest BCUT2D eigenvalue weighted by Crippen LogP contribution is 2.26. The molecule has 1 atom stereocenters. The van der Waals surface area contributed by atoms with Crippen molar-refractivity contribution >= 4 is 16.2 Å². The van der Waals surface area contributed by atoms with Gasteiger partial charge >= 0.3 is 5.97 Å². The van der Waals surface area contributed by atoms with Crippen LogP contribution in [0.4, 0.5) is 0 Å². The van der Waals surface area contributed by atoms with Gasteiger partial charge in [-0.25, -0.2) is 0 Å². The van der Waals surface area contributed by atoms with Crippen LogP contribution in [0.15, 0.2) is 0 Å². The van der Waals surface area contributed by atoms with Gasteiger partial charge in [0.25, 0.3) is 10.2 Å². The number of ether oxygens (including phenoxy) is 1. The molecule has 1 rings (SSSR count). The second kappa shape index (κ2) is 7.95. The largest absolute Gasteiger partial charge is 0.469 e. The zero-order chi connectivity index (χ0) is 15.2. The van der Waals surface area contributed by atoms with Gasteiger partial charge in [-0.2, -0.15) is 17.4 Å². The topological polar surface area (TPSA) is 75.7 Å². The zero-order valence-corrected chi connectivity index (χ0v) is 13.4. The van der Waals surface area contributed by atoms with Gasteiger partial charge in [0.1, 0.15) is 0 Å². The number of carbonyl (C=O) groups excluding carboxylic acids is 1. The monoisotopic (exact) mass is 306 g/mol. The minimum atomic E-state index is -3.54. The number of nitrogens with one attached hydrogen (secondary N) is 1. The van der Waals surface area contributed by atoms with Crippen molar-refractivity contribution in [1.82, 2.24) is 9.03 Å². The molecule has 0 heterocycles. The first-order valence-corrected chi connectivity index (χ1v) is 8.61. The first-order chi connectivity index (χ1) is 9.36. The molecule has 0 radical (unpaired) electrons. The number of methoxy groups -OCH3 is 1. The van der Waals surface area contributed by atoms with Crippen molar-refractivity contribution in [2.24, 2.45) is 5.92 Å². The van der Waals surface area contributed by atoms with Crippen LogP contribution >= 0.6 is 0 Å². The predicted molar refractivity (Wildman–Crippen MR) is 77.4 cm³/mol. The van der Waals surface area contributed by atoms with Crippen molar-refractivity contribution in [2.45, 2.75) is 51.5 Å². The van der Waals surface area contributed by atoms with Crippen LogP contribution < -0.4 is 4.72 Å². The van der Waals surface area contributed by atoms with Crippen molar-refractivity contribution < 1.29 is 17.9 Å². The molecule has 20 heavy (non-hydrogen) atoms. The van der Waals surface area contributed by atoms with Crippen LogP contribution in [-0.2, 0) is 19.7 Å². The number of carbonyl (C=O) groups is 1. The number of esters is 1. The van der Waals surface area contributed by atoms with Crippen molar-refractivity contribution in [2.75, 3.05) is 20.7 Å². The van der Waals surface area contributed by atoms with Crippen LogP contribution in [0, 0.1) is 5.92 Å². The lowest BCUT2D eigenvalue weighted by Crippen LogP contribution is -2.46. The van der Waals surface area contributed by atoms with E-state index < -0.39 is 16.2 Å². The highest BCUT2D eigenvalue weighted by Gasteiger charge is 2.26. The van der Waals surface area contributed by atoms with E-state index in [0.717, 1.165) is 12.8 Å². The SMILES string of the molecule is COC(=O)CCN(C)S(=O)(=O)N[C@@H](C)C1CCCCC1. The summed E-state index contributed by atoms with van der Waals surface area (Å²) in [5.74, 6) is -0.0000823. The summed E-state index contributed by atoms with van der Waals surface area (Å²) >= 11 is 0. The summed E-state index contributed by atoms with van der Waals surface area (Å²) in [5, 5.41) is 0. The van der Waals surface area contributed by atoms with E-state index in [0.29, 0.717) is 5.92 Å². The number of hydrogen-bond donors (Lipinski definition) is 1. The van der Waals surface area contributed by atoms with Gasteiger partial charge in [0.15, 0.2) is 0 Å². The third-order valence-electron chi connectivity index (χ3n) is 3.96. The fourth-order valence-corrected chi connectivity index (χ4v) is 3.70. The summed E-state index contributed by atoms with van der Waals surface area (Å²) in [7, 11) is -0.774. The Bertz CT molecular complexity index is 405. The Kier molecular flexibility index (Phi) is 6.91. The standard InChI is InChI=1S/C13H26N2O4S/c1-11(12-7-5-4-6-8-12)14-20(17,18)15(2)10-9-13(16)19-3/h11-12,14H,4-10H2,1-3H3/t11-/m0/s1. The van der Waals surface area contributed by atoms with Crippen molar-refractivity contribution in [3.8, 4) is 0 Å². The zero-order valence-electron chi connectivity index (χ0n) is 12.6. The fourth-order valence-electron chi connectivity index (χ4n) is 2.53. The van der Waals surface area contributed by atoms with Gasteiger partial charge in [0.05, 0.1) is 13.5 Å². The molecule has 0 aromatic carbocycles. The predicted octanol–water partition coefficient (Wildman–Crippen LogP) is 1.28. The van der Waals surface area contributed by atoms with Crippen LogP contribution in [0.2, 0.25) is 0 Å². The van der Waals surface area contributed by atoms with Gasteiger partial charge in [-0.05, 0) is 25.7 Å². The van der Waals surface area contributed by atoms with Crippen LogP contribution in [0.3, 0.4) is 0 Å². The molecule has 0 aliphatic heterocycles. The Morgan fingerprint density at radius 1 is 1.35 bits per heavy atom. The molecule has 0 unspecified atom stereocenters. The van der Waals surface area contributed by atoms with E-state index in [1.165, 1.54) is 37.7 Å². The Balaban J connectivity index is 2.48. The third kappa shape index (κ3) is 5.38. The first-order valence-electron chi connectivity index (χ1n) is 7.17. The lowest BCUT2D eigenvalue weighted by molar-refractivity contribution is -0.140. The van der Waals surface area contributed by atoms with E-state index in [1.807, 2.05) is 6.92 Å². The maximum absolute atomic E-state index is 12.1. The van der Waals surface area contributed by atoms with E-state index in [4.69, 9.17) is 0 Å². The molecule has 1 saturated carbocycles. The Labute approximate surface area is 122 Å². The molecule has 1 fully saturated rings. The number of nitrogens with zero attached hydrogens (tertiary/aromatic N) is 1. The molecule has 0 aromatic rings. The summed E-state index contributed by atoms with van der Waals surface area (Å²) in [4.78, 5) is 11.0. The van der Waals surface area contributed by atoms with E-state index in [9.17, 15) is 13.2 Å². The van der Waals surface area contributed by atoms with E-state index in [1.54, 1.807) is 0 Å². The minimum absolute atomic E-state index is 0.0612. The molecule has 0 spiro atoms. The second-order valence-electron chi connectivity index (χ2n) is 5.46. The molecular formula is C13H26N2O4S. The molecule has 118 valence electrons. The van der Waals surface area contributed by atoms with Crippen LogP contribution in [0.5, 0.6) is 0 Å². The molecule has 0 saturated heterocycles. The van der Waals surface area contributed by atoms with Crippen LogP contribution in [0.1, 0.15) is 45.4 Å². The Morgan fingerprint density at radius 2 is 1.95 bits per heavy atom. The average molecular weight is 306 g/mol. The van der Waals surface area contributed by atoms with Gasteiger partial charge < -0.3 is 4.74 Å². The minimum Gasteiger partial charge on any atom is -0.469 e. The van der Waals surface area contributed by atoms with E-state index in [-0.39, 0.29) is 19.0 Å². The summed E-state index contributed by atoms with van der Waals surface area (Å²) < 4.78 is 32.7. The van der Waals surface area contributed by atoms with Gasteiger partial charge in [-0.15, -0.1) is 0 Å². The van der Waals surface area contributed by atoms with Gasteiger partial charge in [-0.1, -0.05) is 19.3 Å². The second-order valence-corrected chi connectivity index (χ2v) is 7.27. The lowest BCUT2D eigenvalue weighted by atomic mass is 9.85. The normalized spacial score (nSPS) is 19.0. The maximum atomic E-state index is 12.1. The molecule has 0 aromatic heterocycles. The van der Waals surface area contributed by atoms with Crippen LogP contribution in [-0.4, -0.2) is 45.4 Å². The third-order valence-corrected chi connectivity index (χ3v) is 5.63. The van der Waals surface area contributed by atoms with Gasteiger partial charge in [-0.3, -0.25) is 4.79 Å². The molecule has 6 nitrogen and oxygen atoms in total. The maximum Gasteiger partial charge on any atom is 0.306 e. The first kappa shape index (κ1) is 17.4. The fraction of sp³-hybridized carbons (Fsp3) is 0.923. The summed E-state index contributed by atoms with van der Waals surface area (Å²) in [6.07, 6.45) is 5.82. The van der Waals surface area contributed by atoms with E-state index in [2.05, 4.69) is 9.46 Å². The summed E-state index contributed by atoms with van der Waals surface area (Å²) in [6, 6.07) is -0.0686. The molecule has 0 bridgehead atoms. The van der Waals surface area contributed by atoms with Crippen molar-refractivity contribution in [3.05, 3.63) is 0 Å². The number of rotatable bonds is 7. The summed E-state index contributed by atoms with van der Waals surface area (Å²) in [6.45, 7) is 2.04. The molecular weight excluding hydrogens is 280 g/mol. The molecule has 0 amide bonds. The quantitative estimate of drug-likeness (QED) is 0.719. The lowest BCUT2D eigenvalue weighted by Gasteiger charge is -2.29. The summed E-state index contributed by atoms with van der Waals surface area (Å²) in [5.41, 5.74) is 0. The molecule has 1 aliphatic rings. The highest BCUT2D eigenvalue weighted by atomic mass is 32.2. The van der Waals surface area contributed by atoms with Crippen molar-refractivity contribution in [1.29, 1.82) is 0 Å². The highest BCUT2D eigenvalue weighted by molar-refractivity contribution is 7.87. The van der Waals surface area contributed by atoms with Crippen LogP contribution in [0.25, 0.3) is 0 Å². The Hall–Kier alpha value is -0.660. The average Bonchev–Trinajstić information content (AvgIpc) is 2.44. The molecule has 7 heteroatoms. The van der Waals surface area contributed by atoms with E-state index >= 15 is 0 Å². The smallest absolute Gasteiger partial charge is 0.306 e. The number of hydrogen-bond acceptors (Lipinski definition) is 4. The van der Waals surface area contributed by atoms with Crippen molar-refractivity contribution in [3.63, 3.8) is 0 Å². The molecule has 1 aliphatic carbocycles. The Morgan fingerprint density at radius 3 is 2.50 bits per heavy atom. The molecule has 1 N–H and O–H groups in total. The van der Waals surface area contributed by atoms with Gasteiger partial charge in [0.2, 0.25) is 0 Å². The van der Waals surface area contributed by atoms with Gasteiger partial charge in [0, 0.05) is 19.6 Å².